The number of ether oxygens (including phenoxy) is 2. The highest BCUT2D eigenvalue weighted by molar-refractivity contribution is 8.04. The second-order valence-electron chi connectivity index (χ2n) is 8.67. The van der Waals surface area contributed by atoms with Crippen LogP contribution >= 0.6 is 11.8 Å². The number of amides is 2. The van der Waals surface area contributed by atoms with Crippen LogP contribution in [-0.2, 0) is 11.2 Å². The van der Waals surface area contributed by atoms with Gasteiger partial charge in [0, 0.05) is 23.5 Å². The number of carbonyl (C=O) groups is 2. The van der Waals surface area contributed by atoms with Crippen molar-refractivity contribution in [3.05, 3.63) is 88.3 Å². The third-order valence-corrected chi connectivity index (χ3v) is 7.19. The molecule has 0 spiro atoms. The van der Waals surface area contributed by atoms with E-state index in [1.165, 1.54) is 17.3 Å². The zero-order valence-electron chi connectivity index (χ0n) is 20.9. The third kappa shape index (κ3) is 5.74. The monoisotopic (exact) mass is 502 g/mol. The Labute approximate surface area is 216 Å². The Morgan fingerprint density at radius 1 is 1.03 bits per heavy atom. The lowest BCUT2D eigenvalue weighted by Crippen LogP contribution is -2.34. The molecule has 2 amide bonds. The summed E-state index contributed by atoms with van der Waals surface area (Å²) in [4.78, 5) is 29.1. The van der Waals surface area contributed by atoms with Crippen LogP contribution in [0, 0.1) is 0 Å². The van der Waals surface area contributed by atoms with Gasteiger partial charge in [0.15, 0.2) is 11.5 Å². The summed E-state index contributed by atoms with van der Waals surface area (Å²) in [7, 11) is 4.90. The van der Waals surface area contributed by atoms with Gasteiger partial charge in [-0.1, -0.05) is 48.2 Å². The summed E-state index contributed by atoms with van der Waals surface area (Å²) in [5.41, 5.74) is 3.34. The molecule has 1 atom stereocenters. The molecule has 1 unspecified atom stereocenters. The molecule has 0 saturated carbocycles. The first-order valence-corrected chi connectivity index (χ1v) is 12.6. The van der Waals surface area contributed by atoms with Crippen molar-refractivity contribution in [3.63, 3.8) is 0 Å². The van der Waals surface area contributed by atoms with Gasteiger partial charge in [0.2, 0.25) is 0 Å². The maximum atomic E-state index is 13.1. The molecule has 1 heterocycles. The maximum absolute atomic E-state index is 13.1. The van der Waals surface area contributed by atoms with Gasteiger partial charge in [0.25, 0.3) is 11.8 Å². The van der Waals surface area contributed by atoms with Crippen LogP contribution in [0.5, 0.6) is 11.5 Å². The number of aryl methyl sites for hydroxylation is 1. The van der Waals surface area contributed by atoms with E-state index in [0.717, 1.165) is 29.0 Å². The smallest absolute Gasteiger partial charge is 0.264 e. The Morgan fingerprint density at radius 3 is 2.50 bits per heavy atom. The van der Waals surface area contributed by atoms with Crippen molar-refractivity contribution in [3.8, 4) is 11.5 Å². The molecule has 3 aromatic rings. The van der Waals surface area contributed by atoms with E-state index in [1.54, 1.807) is 32.2 Å². The van der Waals surface area contributed by atoms with E-state index in [1.807, 2.05) is 61.5 Å². The average molecular weight is 503 g/mol. The number of nitrogens with one attached hydrogen (secondary N) is 1. The van der Waals surface area contributed by atoms with Crippen molar-refractivity contribution in [2.75, 3.05) is 26.2 Å². The number of nitrogens with zero attached hydrogens (tertiary/aromatic N) is 1. The number of rotatable bonds is 8. The molecule has 1 aliphatic heterocycles. The van der Waals surface area contributed by atoms with Gasteiger partial charge in [0.05, 0.1) is 24.8 Å². The second kappa shape index (κ2) is 11.4. The molecule has 0 fully saturated rings. The van der Waals surface area contributed by atoms with Gasteiger partial charge in [-0.3, -0.25) is 9.59 Å². The standard InChI is InChI=1S/C29H30N2O4S/c1-19(10-11-20-8-6-5-7-9-20)30-28(32)22-13-15-26-23(18-22)31(2)29(33)27(36-26)17-21-12-14-24(34-3)25(16-21)35-4/h5-9,12-19H,10-11H2,1-4H3,(H,30,32)/b27-17-. The van der Waals surface area contributed by atoms with E-state index in [2.05, 4.69) is 17.4 Å². The minimum atomic E-state index is -0.143. The Morgan fingerprint density at radius 2 is 1.78 bits per heavy atom. The fraction of sp³-hybridized carbons (Fsp3) is 0.241. The quantitative estimate of drug-likeness (QED) is 0.408. The summed E-state index contributed by atoms with van der Waals surface area (Å²) in [6, 6.07) is 21.3. The summed E-state index contributed by atoms with van der Waals surface area (Å²) in [6.07, 6.45) is 3.58. The summed E-state index contributed by atoms with van der Waals surface area (Å²) in [6.45, 7) is 2.01. The van der Waals surface area contributed by atoms with Gasteiger partial charge >= 0.3 is 0 Å². The highest BCUT2D eigenvalue weighted by atomic mass is 32.2. The van der Waals surface area contributed by atoms with Gasteiger partial charge < -0.3 is 19.7 Å². The van der Waals surface area contributed by atoms with Gasteiger partial charge in [-0.2, -0.15) is 0 Å². The van der Waals surface area contributed by atoms with Crippen molar-refractivity contribution in [1.82, 2.24) is 5.32 Å². The van der Waals surface area contributed by atoms with Crippen LogP contribution in [0.2, 0.25) is 0 Å². The van der Waals surface area contributed by atoms with Crippen molar-refractivity contribution >= 4 is 35.3 Å². The van der Waals surface area contributed by atoms with E-state index < -0.39 is 0 Å². The Kier molecular flexibility index (Phi) is 8.00. The van der Waals surface area contributed by atoms with Gasteiger partial charge in [-0.05, 0) is 67.3 Å². The summed E-state index contributed by atoms with van der Waals surface area (Å²) >= 11 is 1.39. The molecule has 0 aliphatic carbocycles. The summed E-state index contributed by atoms with van der Waals surface area (Å²) in [5.74, 6) is 0.958. The molecular weight excluding hydrogens is 472 g/mol. The molecule has 7 heteroatoms. The molecule has 0 bridgehead atoms. The van der Waals surface area contributed by atoms with Crippen LogP contribution in [0.25, 0.3) is 6.08 Å². The second-order valence-corrected chi connectivity index (χ2v) is 9.75. The molecule has 0 radical (unpaired) electrons. The van der Waals surface area contributed by atoms with Crippen molar-refractivity contribution < 1.29 is 19.1 Å². The molecule has 4 rings (SSSR count). The van der Waals surface area contributed by atoms with Crippen molar-refractivity contribution in [1.29, 1.82) is 0 Å². The number of hydrogen-bond acceptors (Lipinski definition) is 5. The lowest BCUT2D eigenvalue weighted by atomic mass is 10.1. The van der Waals surface area contributed by atoms with Crippen LogP contribution in [0.1, 0.15) is 34.8 Å². The lowest BCUT2D eigenvalue weighted by molar-refractivity contribution is -0.114. The molecule has 6 nitrogen and oxygen atoms in total. The van der Waals surface area contributed by atoms with Crippen molar-refractivity contribution in [2.24, 2.45) is 0 Å². The molecule has 0 aromatic heterocycles. The fourth-order valence-corrected chi connectivity index (χ4v) is 5.13. The molecule has 0 saturated heterocycles. The van der Waals surface area contributed by atoms with E-state index >= 15 is 0 Å². The van der Waals surface area contributed by atoms with E-state index in [0.29, 0.717) is 22.0 Å². The SMILES string of the molecule is COc1ccc(/C=C2\Sc3ccc(C(=O)NC(C)CCc4ccccc4)cc3N(C)C2=O)cc1OC. The predicted octanol–water partition coefficient (Wildman–Crippen LogP) is 5.56. The first-order chi connectivity index (χ1) is 17.4. The van der Waals surface area contributed by atoms with Crippen LogP contribution in [-0.4, -0.2) is 39.1 Å². The summed E-state index contributed by atoms with van der Waals surface area (Å²) < 4.78 is 10.7. The Bertz CT molecular complexity index is 1290. The lowest BCUT2D eigenvalue weighted by Gasteiger charge is -2.27. The molecule has 3 aromatic carbocycles. The largest absolute Gasteiger partial charge is 0.493 e. The molecule has 1 N–H and O–H groups in total. The van der Waals surface area contributed by atoms with Gasteiger partial charge in [-0.15, -0.1) is 0 Å². The highest BCUT2D eigenvalue weighted by Crippen LogP contribution is 2.42. The number of likely N-dealkylation sites (N-methyl/N-ethyl adjacent to an activating group) is 1. The Balaban J connectivity index is 1.47. The van der Waals surface area contributed by atoms with Crippen LogP contribution in [0.4, 0.5) is 5.69 Å². The number of methoxy groups -OCH3 is 2. The minimum Gasteiger partial charge on any atom is -0.493 e. The zero-order valence-corrected chi connectivity index (χ0v) is 21.7. The van der Waals surface area contributed by atoms with Crippen LogP contribution in [0.15, 0.2) is 76.5 Å². The molecule has 186 valence electrons. The van der Waals surface area contributed by atoms with Gasteiger partial charge in [0.1, 0.15) is 0 Å². The fourth-order valence-electron chi connectivity index (χ4n) is 4.04. The number of anilines is 1. The van der Waals surface area contributed by atoms with E-state index in [4.69, 9.17) is 9.47 Å². The third-order valence-electron chi connectivity index (χ3n) is 6.11. The van der Waals surface area contributed by atoms with E-state index in [-0.39, 0.29) is 17.9 Å². The molecule has 1 aliphatic rings. The van der Waals surface area contributed by atoms with E-state index in [9.17, 15) is 9.59 Å². The first-order valence-electron chi connectivity index (χ1n) is 11.8. The average Bonchev–Trinajstić information content (AvgIpc) is 2.90. The molecule has 36 heavy (non-hydrogen) atoms. The zero-order chi connectivity index (χ0) is 25.7. The predicted molar refractivity (Wildman–Crippen MR) is 145 cm³/mol. The van der Waals surface area contributed by atoms with Gasteiger partial charge in [-0.25, -0.2) is 0 Å². The Hall–Kier alpha value is -3.71. The topological polar surface area (TPSA) is 67.9 Å². The van der Waals surface area contributed by atoms with Crippen molar-refractivity contribution in [2.45, 2.75) is 30.7 Å². The van der Waals surface area contributed by atoms with Crippen LogP contribution in [0.3, 0.4) is 0 Å². The number of thioether (sulfide) groups is 1. The number of hydrogen-bond donors (Lipinski definition) is 1. The highest BCUT2D eigenvalue weighted by Gasteiger charge is 2.27. The molecular formula is C29H30N2O4S. The maximum Gasteiger partial charge on any atom is 0.264 e. The number of benzene rings is 3. The first kappa shape index (κ1) is 25.4. The van der Waals surface area contributed by atoms with Crippen LogP contribution < -0.4 is 19.7 Å². The summed E-state index contributed by atoms with van der Waals surface area (Å²) in [5, 5.41) is 3.08. The minimum absolute atomic E-state index is 0.0264. The number of carbonyl (C=O) groups excluding carboxylic acids is 2. The normalized spacial score (nSPS) is 14.8. The number of fused-ring (bicyclic) bond motifs is 1.